The zero-order chi connectivity index (χ0) is 41.8. The fourth-order valence-corrected chi connectivity index (χ4v) is 11.8. The number of piperazine rings is 1. The molecule has 1 aliphatic carbocycles. The normalized spacial score (nSPS) is 21.2. The first-order valence-corrected chi connectivity index (χ1v) is 22.8. The van der Waals surface area contributed by atoms with Crippen molar-refractivity contribution in [1.29, 1.82) is 5.26 Å². The van der Waals surface area contributed by atoms with Gasteiger partial charge in [-0.1, -0.05) is 60.7 Å². The van der Waals surface area contributed by atoms with E-state index in [-0.39, 0.29) is 17.4 Å². The summed E-state index contributed by atoms with van der Waals surface area (Å²) in [6.45, 7) is 14.9. The Hall–Kier alpha value is -5.76. The molecule has 3 atom stereocenters. The van der Waals surface area contributed by atoms with E-state index < -0.39 is 0 Å². The van der Waals surface area contributed by atoms with Crippen LogP contribution in [0.3, 0.4) is 0 Å². The molecule has 5 heterocycles. The molecule has 0 saturated carbocycles. The number of thiophene rings is 1. The molecule has 61 heavy (non-hydrogen) atoms. The van der Waals surface area contributed by atoms with Gasteiger partial charge in [0, 0.05) is 79.1 Å². The Bertz CT molecular complexity index is 2620. The minimum absolute atomic E-state index is 0.108. The second-order valence-corrected chi connectivity index (χ2v) is 19.0. The second-order valence-electron chi connectivity index (χ2n) is 17.8. The molecule has 10 heteroatoms. The number of benzene rings is 4. The number of fused-ring (bicyclic) bond motifs is 4. The van der Waals surface area contributed by atoms with Crippen LogP contribution in [0.1, 0.15) is 99.5 Å². The number of hydrogen-bond donors (Lipinski definition) is 1. The van der Waals surface area contributed by atoms with Gasteiger partial charge in [-0.3, -0.25) is 14.5 Å². The Morgan fingerprint density at radius 3 is 2.20 bits per heavy atom. The van der Waals surface area contributed by atoms with Crippen molar-refractivity contribution in [2.45, 2.75) is 71.3 Å². The molecule has 4 aliphatic rings. The smallest absolute Gasteiger partial charge is 0.162 e. The summed E-state index contributed by atoms with van der Waals surface area (Å²) in [6, 6.07) is 37.8. The summed E-state index contributed by atoms with van der Waals surface area (Å²) in [4.78, 5) is 14.0. The lowest BCUT2D eigenvalue weighted by atomic mass is 9.69. The lowest BCUT2D eigenvalue weighted by Crippen LogP contribution is -2.52. The van der Waals surface area contributed by atoms with E-state index in [2.05, 4.69) is 141 Å². The Labute approximate surface area is 363 Å². The number of nitrogens with zero attached hydrogens (tertiary/aromatic N) is 8. The Morgan fingerprint density at radius 1 is 0.803 bits per heavy atom. The van der Waals surface area contributed by atoms with Crippen LogP contribution in [-0.4, -0.2) is 76.3 Å². The molecule has 1 N–H and O–H groups in total. The Morgan fingerprint density at radius 2 is 1.49 bits per heavy atom. The molecule has 10 rings (SSSR count). The molecular weight excluding hydrogens is 773 g/mol. The lowest BCUT2D eigenvalue weighted by Gasteiger charge is -2.43. The SMILES string of the molecule is Cc1sc2c(c1C)C(c1ccc(N3CCC(C#N)(CN4CCN(c5ccc([C@@H]6c7ccc(O)cc7CC[C@@H]6c6ccccc6)cc5)CC4)CC3)cc1)=N[C@@H](C)c1nnc(C)n1-2. The van der Waals surface area contributed by atoms with Gasteiger partial charge in [-0.2, -0.15) is 5.26 Å². The van der Waals surface area contributed by atoms with E-state index in [0.717, 1.165) is 99.4 Å². The van der Waals surface area contributed by atoms with Crippen LogP contribution in [0.25, 0.3) is 5.00 Å². The van der Waals surface area contributed by atoms with Gasteiger partial charge in [-0.15, -0.1) is 21.5 Å². The van der Waals surface area contributed by atoms with E-state index >= 15 is 0 Å². The fourth-order valence-electron chi connectivity index (χ4n) is 10.6. The minimum atomic E-state index is -0.337. The first kappa shape index (κ1) is 39.4. The molecule has 0 radical (unpaired) electrons. The second kappa shape index (κ2) is 15.9. The third-order valence-electron chi connectivity index (χ3n) is 14.1. The molecule has 4 aromatic carbocycles. The number of aryl methyl sites for hydroxylation is 3. The van der Waals surface area contributed by atoms with E-state index in [1.165, 1.54) is 49.6 Å². The summed E-state index contributed by atoms with van der Waals surface area (Å²) < 4.78 is 2.19. The first-order valence-electron chi connectivity index (χ1n) is 22.0. The van der Waals surface area contributed by atoms with Gasteiger partial charge in [0.05, 0.1) is 17.2 Å². The van der Waals surface area contributed by atoms with Gasteiger partial charge in [-0.25, -0.2) is 0 Å². The minimum Gasteiger partial charge on any atom is -0.508 e. The molecule has 310 valence electrons. The number of phenols is 1. The molecule has 2 fully saturated rings. The number of aromatic hydroxyl groups is 1. The van der Waals surface area contributed by atoms with E-state index in [9.17, 15) is 10.4 Å². The van der Waals surface area contributed by atoms with Crippen molar-refractivity contribution in [3.8, 4) is 16.8 Å². The van der Waals surface area contributed by atoms with Gasteiger partial charge in [0.1, 0.15) is 22.6 Å². The predicted molar refractivity (Wildman–Crippen MR) is 246 cm³/mol. The van der Waals surface area contributed by atoms with Crippen LogP contribution in [-0.2, 0) is 6.42 Å². The van der Waals surface area contributed by atoms with Gasteiger partial charge in [0.2, 0.25) is 0 Å². The quantitative estimate of drug-likeness (QED) is 0.171. The summed E-state index contributed by atoms with van der Waals surface area (Å²) in [5, 5.41) is 31.0. The van der Waals surface area contributed by atoms with Crippen molar-refractivity contribution < 1.29 is 5.11 Å². The number of nitriles is 1. The number of aliphatic imine (C=N–C) groups is 1. The van der Waals surface area contributed by atoms with E-state index in [1.807, 2.05) is 19.1 Å². The van der Waals surface area contributed by atoms with Crippen LogP contribution in [0, 0.1) is 37.5 Å². The van der Waals surface area contributed by atoms with Crippen molar-refractivity contribution in [2.75, 3.05) is 55.6 Å². The third-order valence-corrected chi connectivity index (χ3v) is 15.3. The molecule has 2 saturated heterocycles. The molecule has 0 bridgehead atoms. The maximum atomic E-state index is 10.6. The number of rotatable bonds is 7. The zero-order valence-corrected chi connectivity index (χ0v) is 36.5. The van der Waals surface area contributed by atoms with Crippen LogP contribution in [0.2, 0.25) is 0 Å². The molecular formula is C51H54N8OS. The van der Waals surface area contributed by atoms with Crippen molar-refractivity contribution in [1.82, 2.24) is 19.7 Å². The molecule has 0 spiro atoms. The fraction of sp³-hybridized carbons (Fsp3) is 0.373. The predicted octanol–water partition coefficient (Wildman–Crippen LogP) is 9.67. The summed E-state index contributed by atoms with van der Waals surface area (Å²) in [5.74, 6) is 2.76. The summed E-state index contributed by atoms with van der Waals surface area (Å²) >= 11 is 1.79. The van der Waals surface area contributed by atoms with Gasteiger partial charge >= 0.3 is 0 Å². The molecule has 9 nitrogen and oxygen atoms in total. The van der Waals surface area contributed by atoms with E-state index in [0.29, 0.717) is 11.7 Å². The zero-order valence-electron chi connectivity index (χ0n) is 35.7. The van der Waals surface area contributed by atoms with Crippen molar-refractivity contribution >= 4 is 28.4 Å². The third kappa shape index (κ3) is 7.21. The van der Waals surface area contributed by atoms with Crippen molar-refractivity contribution in [3.63, 3.8) is 0 Å². The maximum absolute atomic E-state index is 10.6. The number of phenolic OH excluding ortho intramolecular Hbond substituents is 1. The average Bonchev–Trinajstić information content (AvgIpc) is 3.79. The van der Waals surface area contributed by atoms with Gasteiger partial charge < -0.3 is 14.9 Å². The number of anilines is 2. The van der Waals surface area contributed by atoms with Crippen molar-refractivity contribution in [2.24, 2.45) is 10.4 Å². The Kier molecular flexibility index (Phi) is 10.3. The van der Waals surface area contributed by atoms with Gasteiger partial charge in [-0.05, 0) is 124 Å². The average molecular weight is 827 g/mol. The highest BCUT2D eigenvalue weighted by molar-refractivity contribution is 7.15. The lowest BCUT2D eigenvalue weighted by molar-refractivity contribution is 0.158. The number of hydrogen-bond acceptors (Lipinski definition) is 9. The molecule has 2 aromatic heterocycles. The van der Waals surface area contributed by atoms with Crippen LogP contribution < -0.4 is 9.80 Å². The summed E-state index contributed by atoms with van der Waals surface area (Å²) in [6.07, 6.45) is 3.76. The Balaban J connectivity index is 0.773. The number of aromatic nitrogens is 3. The largest absolute Gasteiger partial charge is 0.508 e. The van der Waals surface area contributed by atoms with Gasteiger partial charge in [0.25, 0.3) is 0 Å². The topological polar surface area (TPSA) is 96.8 Å². The van der Waals surface area contributed by atoms with Crippen LogP contribution in [0.4, 0.5) is 11.4 Å². The molecule has 6 aromatic rings. The highest BCUT2D eigenvalue weighted by atomic mass is 32.1. The summed E-state index contributed by atoms with van der Waals surface area (Å²) in [7, 11) is 0. The number of piperidine rings is 1. The van der Waals surface area contributed by atoms with Crippen LogP contribution >= 0.6 is 11.3 Å². The highest BCUT2D eigenvalue weighted by Crippen LogP contribution is 2.47. The standard InChI is InChI=1S/C51H54N8OS/c1-33-35(3)61-50-46(33)48(53-34(2)49-55-54-36(4)59(49)50)39-12-17-41(18-13-39)57-24-22-51(31-52,23-25-57)32-56-26-28-58(29-27-56)42-15-10-38(11-16-42)47-44(37-8-6-5-7-9-37)20-14-40-30-43(60)19-21-45(40)47/h5-13,15-19,21,30,34,44,47,60H,14,20,22-29,32H2,1-4H3/t34-,44+,47-/m0/s1. The van der Waals surface area contributed by atoms with Crippen molar-refractivity contribution in [3.05, 3.63) is 153 Å². The van der Waals surface area contributed by atoms with E-state index in [4.69, 9.17) is 4.99 Å². The molecule has 0 unspecified atom stereocenters. The summed E-state index contributed by atoms with van der Waals surface area (Å²) in [5.41, 5.74) is 12.0. The van der Waals surface area contributed by atoms with Gasteiger partial charge in [0.15, 0.2) is 5.82 Å². The highest BCUT2D eigenvalue weighted by Gasteiger charge is 2.38. The molecule has 3 aliphatic heterocycles. The maximum Gasteiger partial charge on any atom is 0.162 e. The molecule has 0 amide bonds. The van der Waals surface area contributed by atoms with Crippen LogP contribution in [0.5, 0.6) is 5.75 Å². The monoisotopic (exact) mass is 826 g/mol. The van der Waals surface area contributed by atoms with E-state index in [1.54, 1.807) is 11.3 Å². The first-order chi connectivity index (χ1) is 29.7. The van der Waals surface area contributed by atoms with Crippen LogP contribution in [0.15, 0.2) is 102 Å².